The minimum absolute atomic E-state index is 0.164. The van der Waals surface area contributed by atoms with Gasteiger partial charge in [0, 0.05) is 32.7 Å². The van der Waals surface area contributed by atoms with Crippen molar-refractivity contribution in [3.8, 4) is 6.07 Å². The topological polar surface area (TPSA) is 56.6 Å². The standard InChI is InChI=1S/C16H21N3O2/c1-13-3-4-15(14(11-13)12-17)19-9-7-18(8-10-19)6-5-16(20)21-2/h3-4,11H,5-10H2,1-2H3. The fraction of sp³-hybridized carbons (Fsp3) is 0.500. The van der Waals surface area contributed by atoms with E-state index in [9.17, 15) is 10.1 Å². The lowest BCUT2D eigenvalue weighted by molar-refractivity contribution is -0.141. The third kappa shape index (κ3) is 3.96. The van der Waals surface area contributed by atoms with Gasteiger partial charge in [0.1, 0.15) is 6.07 Å². The van der Waals surface area contributed by atoms with Crippen LogP contribution in [0.4, 0.5) is 5.69 Å². The van der Waals surface area contributed by atoms with Gasteiger partial charge in [0.25, 0.3) is 0 Å². The van der Waals surface area contributed by atoms with E-state index in [2.05, 4.69) is 20.6 Å². The number of rotatable bonds is 4. The summed E-state index contributed by atoms with van der Waals surface area (Å²) in [4.78, 5) is 15.7. The number of nitrogens with zero attached hydrogens (tertiary/aromatic N) is 3. The van der Waals surface area contributed by atoms with Gasteiger partial charge in [-0.15, -0.1) is 0 Å². The van der Waals surface area contributed by atoms with Crippen LogP contribution in [0.15, 0.2) is 18.2 Å². The molecular weight excluding hydrogens is 266 g/mol. The van der Waals surface area contributed by atoms with Crippen molar-refractivity contribution >= 4 is 11.7 Å². The van der Waals surface area contributed by atoms with E-state index in [1.165, 1.54) is 7.11 Å². The third-order valence-electron chi connectivity index (χ3n) is 3.85. The molecule has 0 aliphatic carbocycles. The van der Waals surface area contributed by atoms with Gasteiger partial charge in [-0.05, 0) is 24.6 Å². The number of hydrogen-bond acceptors (Lipinski definition) is 5. The van der Waals surface area contributed by atoms with E-state index < -0.39 is 0 Å². The fourth-order valence-electron chi connectivity index (χ4n) is 2.58. The first kappa shape index (κ1) is 15.3. The fourth-order valence-corrected chi connectivity index (χ4v) is 2.58. The van der Waals surface area contributed by atoms with Gasteiger partial charge in [0.15, 0.2) is 0 Å². The van der Waals surface area contributed by atoms with Crippen molar-refractivity contribution in [2.24, 2.45) is 0 Å². The molecule has 1 fully saturated rings. The number of carbonyl (C=O) groups excluding carboxylic acids is 1. The molecule has 0 bridgehead atoms. The first-order chi connectivity index (χ1) is 10.1. The smallest absolute Gasteiger partial charge is 0.306 e. The Labute approximate surface area is 125 Å². The van der Waals surface area contributed by atoms with Crippen molar-refractivity contribution in [1.82, 2.24) is 4.90 Å². The summed E-state index contributed by atoms with van der Waals surface area (Å²) >= 11 is 0. The molecule has 1 saturated heterocycles. The summed E-state index contributed by atoms with van der Waals surface area (Å²) in [6, 6.07) is 8.27. The van der Waals surface area contributed by atoms with E-state index in [4.69, 9.17) is 0 Å². The molecule has 21 heavy (non-hydrogen) atoms. The largest absolute Gasteiger partial charge is 0.469 e. The lowest BCUT2D eigenvalue weighted by atomic mass is 10.1. The van der Waals surface area contributed by atoms with Gasteiger partial charge < -0.3 is 9.64 Å². The van der Waals surface area contributed by atoms with Crippen LogP contribution < -0.4 is 4.90 Å². The van der Waals surface area contributed by atoms with Crippen molar-refractivity contribution in [2.45, 2.75) is 13.3 Å². The Morgan fingerprint density at radius 1 is 1.33 bits per heavy atom. The Balaban J connectivity index is 1.92. The molecular formula is C16H21N3O2. The van der Waals surface area contributed by atoms with E-state index in [1.54, 1.807) is 0 Å². The highest BCUT2D eigenvalue weighted by Crippen LogP contribution is 2.22. The van der Waals surface area contributed by atoms with E-state index in [0.29, 0.717) is 6.42 Å². The number of esters is 1. The molecule has 0 atom stereocenters. The number of methoxy groups -OCH3 is 1. The van der Waals surface area contributed by atoms with Gasteiger partial charge in [0.2, 0.25) is 0 Å². The molecule has 0 unspecified atom stereocenters. The molecule has 2 rings (SSSR count). The van der Waals surface area contributed by atoms with Gasteiger partial charge in [0.05, 0.1) is 24.8 Å². The van der Waals surface area contributed by atoms with E-state index in [1.807, 2.05) is 25.1 Å². The lowest BCUT2D eigenvalue weighted by Gasteiger charge is -2.36. The van der Waals surface area contributed by atoms with Crippen LogP contribution in [-0.4, -0.2) is 50.7 Å². The Hall–Kier alpha value is -2.06. The summed E-state index contributed by atoms with van der Waals surface area (Å²) in [5, 5.41) is 9.26. The summed E-state index contributed by atoms with van der Waals surface area (Å²) in [6.45, 7) is 6.28. The molecule has 1 aliphatic rings. The van der Waals surface area contributed by atoms with Crippen molar-refractivity contribution in [3.05, 3.63) is 29.3 Å². The third-order valence-corrected chi connectivity index (χ3v) is 3.85. The Morgan fingerprint density at radius 3 is 2.67 bits per heavy atom. The number of benzene rings is 1. The number of piperazine rings is 1. The van der Waals surface area contributed by atoms with Crippen LogP contribution in [0.5, 0.6) is 0 Å². The number of ether oxygens (including phenoxy) is 1. The minimum atomic E-state index is -0.164. The number of anilines is 1. The van der Waals surface area contributed by atoms with Crippen LogP contribution >= 0.6 is 0 Å². The Morgan fingerprint density at radius 2 is 2.05 bits per heavy atom. The second-order valence-corrected chi connectivity index (χ2v) is 5.29. The SMILES string of the molecule is COC(=O)CCN1CCN(c2ccc(C)cc2C#N)CC1. The number of aryl methyl sites for hydroxylation is 1. The van der Waals surface area contributed by atoms with Gasteiger partial charge in [-0.3, -0.25) is 9.69 Å². The zero-order valence-corrected chi connectivity index (χ0v) is 12.6. The second kappa shape index (κ2) is 7.09. The van der Waals surface area contributed by atoms with Crippen LogP contribution in [0.2, 0.25) is 0 Å². The van der Waals surface area contributed by atoms with Crippen molar-refractivity contribution in [3.63, 3.8) is 0 Å². The molecule has 0 amide bonds. The highest BCUT2D eigenvalue weighted by molar-refractivity contribution is 5.69. The molecule has 0 radical (unpaired) electrons. The lowest BCUT2D eigenvalue weighted by Crippen LogP contribution is -2.47. The number of carbonyl (C=O) groups is 1. The van der Waals surface area contributed by atoms with Gasteiger partial charge in [-0.2, -0.15) is 5.26 Å². The number of nitriles is 1. The number of hydrogen-bond donors (Lipinski definition) is 0. The van der Waals surface area contributed by atoms with Crippen molar-refractivity contribution in [1.29, 1.82) is 5.26 Å². The summed E-state index contributed by atoms with van der Waals surface area (Å²) < 4.78 is 4.66. The molecule has 1 aromatic carbocycles. The molecule has 1 aromatic rings. The maximum atomic E-state index is 11.2. The maximum Gasteiger partial charge on any atom is 0.306 e. The zero-order valence-electron chi connectivity index (χ0n) is 12.6. The molecule has 0 saturated carbocycles. The summed E-state index contributed by atoms with van der Waals surface area (Å²) in [6.07, 6.45) is 0.435. The van der Waals surface area contributed by atoms with E-state index in [-0.39, 0.29) is 5.97 Å². The molecule has 1 aliphatic heterocycles. The van der Waals surface area contributed by atoms with Gasteiger partial charge >= 0.3 is 5.97 Å². The average molecular weight is 287 g/mol. The molecule has 0 spiro atoms. The van der Waals surface area contributed by atoms with Crippen LogP contribution in [0.1, 0.15) is 17.5 Å². The normalized spacial score (nSPS) is 15.6. The van der Waals surface area contributed by atoms with Crippen molar-refractivity contribution in [2.75, 3.05) is 44.7 Å². The minimum Gasteiger partial charge on any atom is -0.469 e. The average Bonchev–Trinajstić information content (AvgIpc) is 2.53. The molecule has 1 heterocycles. The van der Waals surface area contributed by atoms with E-state index in [0.717, 1.165) is 49.5 Å². The highest BCUT2D eigenvalue weighted by atomic mass is 16.5. The second-order valence-electron chi connectivity index (χ2n) is 5.29. The van der Waals surface area contributed by atoms with Crippen LogP contribution in [0, 0.1) is 18.3 Å². The van der Waals surface area contributed by atoms with Crippen LogP contribution in [-0.2, 0) is 9.53 Å². The predicted octanol–water partition coefficient (Wildman–Crippen LogP) is 1.55. The molecule has 0 N–H and O–H groups in total. The zero-order chi connectivity index (χ0) is 15.2. The molecule has 112 valence electrons. The van der Waals surface area contributed by atoms with Crippen LogP contribution in [0.3, 0.4) is 0 Å². The summed E-state index contributed by atoms with van der Waals surface area (Å²) in [5.74, 6) is -0.164. The highest BCUT2D eigenvalue weighted by Gasteiger charge is 2.19. The first-order valence-corrected chi connectivity index (χ1v) is 7.19. The van der Waals surface area contributed by atoms with Gasteiger partial charge in [-0.25, -0.2) is 0 Å². The first-order valence-electron chi connectivity index (χ1n) is 7.19. The predicted molar refractivity (Wildman–Crippen MR) is 81.2 cm³/mol. The van der Waals surface area contributed by atoms with Crippen LogP contribution in [0.25, 0.3) is 0 Å². The quantitative estimate of drug-likeness (QED) is 0.786. The van der Waals surface area contributed by atoms with E-state index >= 15 is 0 Å². The van der Waals surface area contributed by atoms with Gasteiger partial charge in [-0.1, -0.05) is 6.07 Å². The van der Waals surface area contributed by atoms with Crippen molar-refractivity contribution < 1.29 is 9.53 Å². The summed E-state index contributed by atoms with van der Waals surface area (Å²) in [5.41, 5.74) is 2.85. The maximum absolute atomic E-state index is 11.2. The molecule has 5 nitrogen and oxygen atoms in total. The molecule has 0 aromatic heterocycles. The summed E-state index contributed by atoms with van der Waals surface area (Å²) in [7, 11) is 1.42. The monoisotopic (exact) mass is 287 g/mol. The Kier molecular flexibility index (Phi) is 5.18. The molecule has 5 heteroatoms. The Bertz CT molecular complexity index is 543.